The molecule has 0 aromatic rings. The van der Waals surface area contributed by atoms with Gasteiger partial charge in [-0.25, -0.2) is 0 Å². The first-order valence-corrected chi connectivity index (χ1v) is 8.15. The SMILES string of the molecule is CCC(C)(C)C(C)(CC)OC(C)(CC)C(C)(C)CC. The van der Waals surface area contributed by atoms with E-state index in [2.05, 4.69) is 69.2 Å². The van der Waals surface area contributed by atoms with Crippen LogP contribution in [0.15, 0.2) is 0 Å². The quantitative estimate of drug-likeness (QED) is 0.509. The Kier molecular flexibility index (Phi) is 6.15. The summed E-state index contributed by atoms with van der Waals surface area (Å²) >= 11 is 0. The molecule has 0 aliphatic carbocycles. The van der Waals surface area contributed by atoms with Crippen molar-refractivity contribution in [3.05, 3.63) is 0 Å². The molecule has 0 saturated heterocycles. The van der Waals surface area contributed by atoms with E-state index in [0.29, 0.717) is 0 Å². The van der Waals surface area contributed by atoms with Gasteiger partial charge in [0.05, 0.1) is 11.2 Å². The van der Waals surface area contributed by atoms with Gasteiger partial charge < -0.3 is 4.74 Å². The smallest absolute Gasteiger partial charge is 0.0710 e. The standard InChI is InChI=1S/C18H38O/c1-11-15(5,6)17(9,13-3)19-18(10,14-4)16(7,8)12-2/h11-14H2,1-10H3. The van der Waals surface area contributed by atoms with Crippen molar-refractivity contribution in [2.45, 2.75) is 106 Å². The van der Waals surface area contributed by atoms with Crippen LogP contribution in [0.4, 0.5) is 0 Å². The summed E-state index contributed by atoms with van der Waals surface area (Å²) in [7, 11) is 0. The van der Waals surface area contributed by atoms with E-state index in [1.54, 1.807) is 0 Å². The Hall–Kier alpha value is -0.0400. The average molecular weight is 271 g/mol. The summed E-state index contributed by atoms with van der Waals surface area (Å²) in [6.07, 6.45) is 4.40. The fourth-order valence-corrected chi connectivity index (χ4v) is 2.62. The predicted octanol–water partition coefficient (Wildman–Crippen LogP) is 6.21. The summed E-state index contributed by atoms with van der Waals surface area (Å²) in [6.45, 7) is 23.0. The summed E-state index contributed by atoms with van der Waals surface area (Å²) in [6, 6.07) is 0. The summed E-state index contributed by atoms with van der Waals surface area (Å²) in [4.78, 5) is 0. The maximum atomic E-state index is 6.84. The van der Waals surface area contributed by atoms with Crippen LogP contribution in [-0.4, -0.2) is 11.2 Å². The van der Waals surface area contributed by atoms with Crippen LogP contribution in [-0.2, 0) is 4.74 Å². The summed E-state index contributed by atoms with van der Waals surface area (Å²) in [5.74, 6) is 0. The Morgan fingerprint density at radius 2 is 0.789 bits per heavy atom. The predicted molar refractivity (Wildman–Crippen MR) is 86.6 cm³/mol. The third-order valence-corrected chi connectivity index (χ3v) is 6.43. The first-order chi connectivity index (χ1) is 8.45. The van der Waals surface area contributed by atoms with Gasteiger partial charge in [0.15, 0.2) is 0 Å². The minimum atomic E-state index is -0.0705. The second-order valence-electron chi connectivity index (χ2n) is 7.75. The van der Waals surface area contributed by atoms with Crippen molar-refractivity contribution in [1.29, 1.82) is 0 Å². The van der Waals surface area contributed by atoms with Crippen molar-refractivity contribution in [3.8, 4) is 0 Å². The lowest BCUT2D eigenvalue weighted by molar-refractivity contribution is -0.232. The van der Waals surface area contributed by atoms with E-state index < -0.39 is 0 Å². The molecule has 0 rings (SSSR count). The highest BCUT2D eigenvalue weighted by atomic mass is 16.5. The molecule has 0 N–H and O–H groups in total. The lowest BCUT2D eigenvalue weighted by Crippen LogP contribution is -2.54. The van der Waals surface area contributed by atoms with Crippen molar-refractivity contribution >= 4 is 0 Å². The fraction of sp³-hybridized carbons (Fsp3) is 1.00. The molecule has 0 fully saturated rings. The molecule has 0 radical (unpaired) electrons. The van der Waals surface area contributed by atoms with Gasteiger partial charge in [-0.05, 0) is 50.4 Å². The molecule has 0 aromatic heterocycles. The Labute approximate surface area is 122 Å². The van der Waals surface area contributed by atoms with Gasteiger partial charge in [0.25, 0.3) is 0 Å². The molecule has 0 amide bonds. The lowest BCUT2D eigenvalue weighted by atomic mass is 9.68. The lowest BCUT2D eigenvalue weighted by Gasteiger charge is -2.53. The molecule has 1 heteroatoms. The highest BCUT2D eigenvalue weighted by Crippen LogP contribution is 2.48. The topological polar surface area (TPSA) is 9.23 Å². The first-order valence-electron chi connectivity index (χ1n) is 8.15. The molecule has 116 valence electrons. The Bertz CT molecular complexity index is 251. The molecule has 0 heterocycles. The number of rotatable bonds is 8. The largest absolute Gasteiger partial charge is 0.368 e. The maximum Gasteiger partial charge on any atom is 0.0710 e. The Morgan fingerprint density at radius 1 is 0.526 bits per heavy atom. The van der Waals surface area contributed by atoms with Crippen molar-refractivity contribution < 1.29 is 4.74 Å². The van der Waals surface area contributed by atoms with Gasteiger partial charge in [-0.2, -0.15) is 0 Å². The molecule has 2 atom stereocenters. The average Bonchev–Trinajstić information content (AvgIpc) is 2.37. The first kappa shape index (κ1) is 19.0. The molecule has 0 aromatic carbocycles. The van der Waals surface area contributed by atoms with Gasteiger partial charge in [0, 0.05) is 0 Å². The monoisotopic (exact) mass is 270 g/mol. The zero-order valence-electron chi connectivity index (χ0n) is 15.2. The second kappa shape index (κ2) is 6.16. The maximum absolute atomic E-state index is 6.84. The molecular formula is C18H38O. The molecule has 19 heavy (non-hydrogen) atoms. The molecular weight excluding hydrogens is 232 g/mol. The van der Waals surface area contributed by atoms with Crippen molar-refractivity contribution in [3.63, 3.8) is 0 Å². The molecule has 0 bridgehead atoms. The van der Waals surface area contributed by atoms with Gasteiger partial charge in [0.1, 0.15) is 0 Å². The van der Waals surface area contributed by atoms with E-state index in [-0.39, 0.29) is 22.0 Å². The van der Waals surface area contributed by atoms with Crippen LogP contribution in [0, 0.1) is 10.8 Å². The number of hydrogen-bond acceptors (Lipinski definition) is 1. The molecule has 0 spiro atoms. The molecule has 0 aliphatic rings. The minimum absolute atomic E-state index is 0.0705. The summed E-state index contributed by atoms with van der Waals surface area (Å²) < 4.78 is 6.84. The normalized spacial score (nSPS) is 19.9. The van der Waals surface area contributed by atoms with E-state index in [1.807, 2.05) is 0 Å². The van der Waals surface area contributed by atoms with Gasteiger partial charge in [-0.15, -0.1) is 0 Å². The second-order valence-corrected chi connectivity index (χ2v) is 7.75. The van der Waals surface area contributed by atoms with E-state index in [1.165, 1.54) is 0 Å². The highest BCUT2D eigenvalue weighted by Gasteiger charge is 2.48. The van der Waals surface area contributed by atoms with Crippen LogP contribution in [0.5, 0.6) is 0 Å². The number of hydrogen-bond donors (Lipinski definition) is 0. The van der Waals surface area contributed by atoms with Crippen LogP contribution in [0.3, 0.4) is 0 Å². The van der Waals surface area contributed by atoms with Crippen LogP contribution >= 0.6 is 0 Å². The van der Waals surface area contributed by atoms with Gasteiger partial charge in [-0.3, -0.25) is 0 Å². The minimum Gasteiger partial charge on any atom is -0.368 e. The van der Waals surface area contributed by atoms with E-state index >= 15 is 0 Å². The van der Waals surface area contributed by atoms with Gasteiger partial charge in [-0.1, -0.05) is 55.4 Å². The van der Waals surface area contributed by atoms with Crippen LogP contribution in [0.2, 0.25) is 0 Å². The van der Waals surface area contributed by atoms with Gasteiger partial charge >= 0.3 is 0 Å². The fourth-order valence-electron chi connectivity index (χ4n) is 2.62. The van der Waals surface area contributed by atoms with Gasteiger partial charge in [0.2, 0.25) is 0 Å². The third-order valence-electron chi connectivity index (χ3n) is 6.43. The molecule has 0 aliphatic heterocycles. The van der Waals surface area contributed by atoms with E-state index in [0.717, 1.165) is 25.7 Å². The molecule has 0 saturated carbocycles. The number of ether oxygens (including phenoxy) is 1. The summed E-state index contributed by atoms with van der Waals surface area (Å²) in [5.41, 5.74) is 0.252. The molecule has 1 nitrogen and oxygen atoms in total. The molecule has 2 unspecified atom stereocenters. The zero-order valence-corrected chi connectivity index (χ0v) is 15.2. The van der Waals surface area contributed by atoms with E-state index in [4.69, 9.17) is 4.74 Å². The Morgan fingerprint density at radius 3 is 0.947 bits per heavy atom. The summed E-state index contributed by atoms with van der Waals surface area (Å²) in [5, 5.41) is 0. The van der Waals surface area contributed by atoms with Crippen molar-refractivity contribution in [1.82, 2.24) is 0 Å². The van der Waals surface area contributed by atoms with E-state index in [9.17, 15) is 0 Å². The van der Waals surface area contributed by atoms with Crippen molar-refractivity contribution in [2.24, 2.45) is 10.8 Å². The Balaban J connectivity index is 5.47. The van der Waals surface area contributed by atoms with Crippen LogP contribution < -0.4 is 0 Å². The highest BCUT2D eigenvalue weighted by molar-refractivity contribution is 4.97. The zero-order chi connectivity index (χ0) is 15.5. The third kappa shape index (κ3) is 3.54. The van der Waals surface area contributed by atoms with Crippen LogP contribution in [0.25, 0.3) is 0 Å². The van der Waals surface area contributed by atoms with Crippen LogP contribution in [0.1, 0.15) is 94.9 Å². The van der Waals surface area contributed by atoms with Crippen molar-refractivity contribution in [2.75, 3.05) is 0 Å².